The minimum Gasteiger partial charge on any atom is -0.487 e. The van der Waals surface area contributed by atoms with E-state index in [-0.39, 0.29) is 42.2 Å². The predicted octanol–water partition coefficient (Wildman–Crippen LogP) is 2.99. The van der Waals surface area contributed by atoms with Crippen LogP contribution in [0, 0.1) is 23.7 Å². The molecule has 0 spiro atoms. The van der Waals surface area contributed by atoms with Gasteiger partial charge < -0.3 is 14.7 Å². The highest BCUT2D eigenvalue weighted by Crippen LogP contribution is 2.34. The zero-order valence-electron chi connectivity index (χ0n) is 20.3. The number of hydrogen-bond acceptors (Lipinski definition) is 5. The van der Waals surface area contributed by atoms with Crippen LogP contribution in [0.5, 0.6) is 5.75 Å². The minimum absolute atomic E-state index is 0.0451. The van der Waals surface area contributed by atoms with Gasteiger partial charge in [-0.05, 0) is 50.1 Å². The zero-order valence-corrected chi connectivity index (χ0v) is 21.2. The number of sulfonamides is 1. The Morgan fingerprint density at radius 1 is 1.23 bits per heavy atom. The number of likely N-dealkylation sites (N-methyl/N-ethyl adjacent to an activating group) is 1. The summed E-state index contributed by atoms with van der Waals surface area (Å²) in [6.45, 7) is 3.71. The third-order valence-corrected chi connectivity index (χ3v) is 8.51. The van der Waals surface area contributed by atoms with Gasteiger partial charge >= 0.3 is 0 Å². The molecule has 35 heavy (non-hydrogen) atoms. The van der Waals surface area contributed by atoms with E-state index in [1.165, 1.54) is 10.4 Å². The largest absolute Gasteiger partial charge is 0.487 e. The van der Waals surface area contributed by atoms with Gasteiger partial charge in [0.05, 0.1) is 13.2 Å². The van der Waals surface area contributed by atoms with Crippen molar-refractivity contribution in [3.05, 3.63) is 59.7 Å². The normalized spacial score (nSPS) is 22.4. The predicted molar refractivity (Wildman–Crippen MR) is 133 cm³/mol. The Balaban J connectivity index is 1.69. The van der Waals surface area contributed by atoms with E-state index in [4.69, 9.17) is 4.74 Å². The van der Waals surface area contributed by atoms with E-state index in [9.17, 15) is 18.3 Å². The van der Waals surface area contributed by atoms with Crippen molar-refractivity contribution in [2.24, 2.45) is 11.8 Å². The second-order valence-corrected chi connectivity index (χ2v) is 11.4. The maximum absolute atomic E-state index is 13.6. The molecule has 2 aromatic rings. The quantitative estimate of drug-likeness (QED) is 0.643. The average molecular weight is 497 g/mol. The highest BCUT2D eigenvalue weighted by Gasteiger charge is 2.38. The molecule has 0 unspecified atom stereocenters. The Morgan fingerprint density at radius 2 is 1.94 bits per heavy atom. The number of benzene rings is 2. The zero-order chi connectivity index (χ0) is 25.2. The molecule has 8 heteroatoms. The van der Waals surface area contributed by atoms with Crippen molar-refractivity contribution in [1.82, 2.24) is 9.21 Å². The van der Waals surface area contributed by atoms with Crippen LogP contribution in [-0.2, 0) is 10.0 Å². The van der Waals surface area contributed by atoms with Crippen LogP contribution in [0.2, 0.25) is 0 Å². The highest BCUT2D eigenvalue weighted by atomic mass is 32.2. The maximum atomic E-state index is 13.6. The first kappa shape index (κ1) is 25.2. The molecule has 7 nitrogen and oxygen atoms in total. The number of aliphatic hydroxyl groups is 1. The number of fused-ring (bicyclic) bond motifs is 1. The SMILES string of the molecule is C[C@@H]1CN([C@H](C)CO)S(=O)(=O)c2ccc(C#CC3CC3)cc2O[C@@H]1CN(C)C(=O)c1ccccc1. The number of rotatable bonds is 5. The number of carbonyl (C=O) groups is 1. The highest BCUT2D eigenvalue weighted by molar-refractivity contribution is 7.89. The Labute approximate surface area is 207 Å². The van der Waals surface area contributed by atoms with E-state index in [1.54, 1.807) is 43.1 Å². The topological polar surface area (TPSA) is 87.2 Å². The van der Waals surface area contributed by atoms with E-state index in [1.807, 2.05) is 25.1 Å². The van der Waals surface area contributed by atoms with Crippen LogP contribution in [-0.4, -0.2) is 67.5 Å². The number of ether oxygens (including phenoxy) is 1. The lowest BCUT2D eigenvalue weighted by Crippen LogP contribution is -2.50. The van der Waals surface area contributed by atoms with Crippen molar-refractivity contribution in [3.63, 3.8) is 0 Å². The van der Waals surface area contributed by atoms with Gasteiger partial charge in [0, 0.05) is 42.6 Å². The molecular formula is C27H32N2O5S. The summed E-state index contributed by atoms with van der Waals surface area (Å²) in [5.74, 6) is 6.57. The molecule has 186 valence electrons. The number of amides is 1. The van der Waals surface area contributed by atoms with E-state index in [0.29, 0.717) is 17.0 Å². The van der Waals surface area contributed by atoms with Crippen molar-refractivity contribution in [1.29, 1.82) is 0 Å². The van der Waals surface area contributed by atoms with Gasteiger partial charge in [-0.1, -0.05) is 37.0 Å². The summed E-state index contributed by atoms with van der Waals surface area (Å²) in [6.07, 6.45) is 1.72. The fourth-order valence-electron chi connectivity index (χ4n) is 4.09. The second-order valence-electron chi connectivity index (χ2n) is 9.50. The number of hydrogen-bond donors (Lipinski definition) is 1. The summed E-state index contributed by atoms with van der Waals surface area (Å²) < 4.78 is 34.8. The molecule has 2 aliphatic rings. The average Bonchev–Trinajstić information content (AvgIpc) is 3.69. The lowest BCUT2D eigenvalue weighted by molar-refractivity contribution is 0.0563. The lowest BCUT2D eigenvalue weighted by atomic mass is 10.0. The Kier molecular flexibility index (Phi) is 7.50. The number of nitrogens with zero attached hydrogens (tertiary/aromatic N) is 2. The molecular weight excluding hydrogens is 464 g/mol. The Hall–Kier alpha value is -2.86. The molecule has 1 N–H and O–H groups in total. The van der Waals surface area contributed by atoms with Gasteiger partial charge in [-0.15, -0.1) is 0 Å². The van der Waals surface area contributed by atoms with Gasteiger partial charge in [0.1, 0.15) is 16.7 Å². The minimum atomic E-state index is -3.91. The molecule has 0 radical (unpaired) electrons. The van der Waals surface area contributed by atoms with Crippen LogP contribution in [0.15, 0.2) is 53.4 Å². The van der Waals surface area contributed by atoms with Crippen molar-refractivity contribution in [2.45, 2.75) is 43.7 Å². The van der Waals surface area contributed by atoms with Crippen LogP contribution in [0.1, 0.15) is 42.6 Å². The number of aliphatic hydroxyl groups excluding tert-OH is 1. The molecule has 0 saturated heterocycles. The van der Waals surface area contributed by atoms with Crippen molar-refractivity contribution in [3.8, 4) is 17.6 Å². The van der Waals surface area contributed by atoms with Gasteiger partial charge in [0.2, 0.25) is 10.0 Å². The standard InChI is InChI=1S/C27H32N2O5S/c1-19-16-29(20(2)18-30)35(32,33)26-14-13-22(12-11-21-9-10-21)15-24(26)34-25(19)17-28(3)27(31)23-7-5-4-6-8-23/h4-8,13-15,19-21,25,30H,9-10,16-18H2,1-3H3/t19-,20-,25-/m1/s1. The first-order chi connectivity index (χ1) is 16.7. The van der Waals surface area contributed by atoms with Crippen molar-refractivity contribution >= 4 is 15.9 Å². The molecule has 1 amide bonds. The Bertz CT molecular complexity index is 1230. The molecule has 1 aliphatic heterocycles. The van der Waals surface area contributed by atoms with Crippen LogP contribution < -0.4 is 4.74 Å². The molecule has 2 aromatic carbocycles. The van der Waals surface area contributed by atoms with Crippen molar-refractivity contribution < 1.29 is 23.1 Å². The lowest BCUT2D eigenvalue weighted by Gasteiger charge is -2.37. The summed E-state index contributed by atoms with van der Waals surface area (Å²) in [4.78, 5) is 14.6. The molecule has 1 saturated carbocycles. The monoisotopic (exact) mass is 496 g/mol. The van der Waals surface area contributed by atoms with Gasteiger partial charge in [0.15, 0.2) is 0 Å². The molecule has 4 rings (SSSR count). The summed E-state index contributed by atoms with van der Waals surface area (Å²) in [5, 5.41) is 9.79. The molecule has 1 aliphatic carbocycles. The third kappa shape index (κ3) is 5.69. The summed E-state index contributed by atoms with van der Waals surface area (Å²) in [5.41, 5.74) is 1.26. The molecule has 1 fully saturated rings. The van der Waals surface area contributed by atoms with Gasteiger partial charge in [-0.25, -0.2) is 8.42 Å². The van der Waals surface area contributed by atoms with Crippen LogP contribution in [0.25, 0.3) is 0 Å². The maximum Gasteiger partial charge on any atom is 0.253 e. The molecule has 0 bridgehead atoms. The van der Waals surface area contributed by atoms with Crippen LogP contribution in [0.3, 0.4) is 0 Å². The first-order valence-corrected chi connectivity index (χ1v) is 13.4. The molecule has 0 aromatic heterocycles. The van der Waals surface area contributed by atoms with E-state index >= 15 is 0 Å². The first-order valence-electron chi connectivity index (χ1n) is 12.0. The summed E-state index contributed by atoms with van der Waals surface area (Å²) >= 11 is 0. The van der Waals surface area contributed by atoms with Crippen molar-refractivity contribution in [2.75, 3.05) is 26.7 Å². The van der Waals surface area contributed by atoms with E-state index in [0.717, 1.165) is 12.8 Å². The van der Waals surface area contributed by atoms with E-state index < -0.39 is 22.2 Å². The van der Waals surface area contributed by atoms with Gasteiger partial charge in [-0.2, -0.15) is 4.31 Å². The fourth-order valence-corrected chi connectivity index (χ4v) is 5.91. The van der Waals surface area contributed by atoms with Gasteiger partial charge in [0.25, 0.3) is 5.91 Å². The molecule has 1 heterocycles. The summed E-state index contributed by atoms with van der Waals surface area (Å²) in [6, 6.07) is 13.3. The third-order valence-electron chi connectivity index (χ3n) is 6.49. The number of carbonyl (C=O) groups excluding carboxylic acids is 1. The summed E-state index contributed by atoms with van der Waals surface area (Å²) in [7, 11) is -2.20. The second kappa shape index (κ2) is 10.4. The van der Waals surface area contributed by atoms with Crippen LogP contribution in [0.4, 0.5) is 0 Å². The Morgan fingerprint density at radius 3 is 2.60 bits per heavy atom. The smallest absolute Gasteiger partial charge is 0.253 e. The van der Waals surface area contributed by atoms with Gasteiger partial charge in [-0.3, -0.25) is 4.79 Å². The fraction of sp³-hybridized carbons (Fsp3) is 0.444. The van der Waals surface area contributed by atoms with E-state index in [2.05, 4.69) is 11.8 Å². The van der Waals surface area contributed by atoms with Crippen LogP contribution >= 0.6 is 0 Å². The molecule has 3 atom stereocenters.